The molecule has 1 fully saturated rings. The number of hydrogen-bond donors (Lipinski definition) is 0. The molecule has 1 heterocycles. The zero-order valence-electron chi connectivity index (χ0n) is 6.88. The molecule has 0 amide bonds. The summed E-state index contributed by atoms with van der Waals surface area (Å²) < 4.78 is 6.10. The molecule has 0 spiro atoms. The fourth-order valence-corrected chi connectivity index (χ4v) is 1.57. The van der Waals surface area contributed by atoms with Crippen LogP contribution >= 0.6 is 15.9 Å². The van der Waals surface area contributed by atoms with Crippen molar-refractivity contribution >= 4 is 15.9 Å². The zero-order chi connectivity index (χ0) is 8.55. The first-order valence-electron chi connectivity index (χ1n) is 4.00. The maximum atomic E-state index is 5.18. The Hall–Kier alpha value is -0.570. The molecular formula is C9H10BrNO. The first-order valence-corrected chi connectivity index (χ1v) is 4.80. The minimum absolute atomic E-state index is 0.687. The third kappa shape index (κ3) is 1.46. The molecule has 2 nitrogen and oxygen atoms in total. The lowest BCUT2D eigenvalue weighted by molar-refractivity contribution is 0.410. The normalized spacial score (nSPS) is 16.2. The lowest BCUT2D eigenvalue weighted by Gasteiger charge is -2.04. The summed E-state index contributed by atoms with van der Waals surface area (Å²) >= 11 is 3.37. The van der Waals surface area contributed by atoms with E-state index in [1.807, 2.05) is 12.3 Å². The molecule has 0 radical (unpaired) electrons. The second-order valence-electron chi connectivity index (χ2n) is 3.02. The van der Waals surface area contributed by atoms with Crippen molar-refractivity contribution in [2.24, 2.45) is 0 Å². The van der Waals surface area contributed by atoms with E-state index in [0.717, 1.165) is 15.9 Å². The van der Waals surface area contributed by atoms with Gasteiger partial charge in [0.15, 0.2) is 0 Å². The third-order valence-electron chi connectivity index (χ3n) is 2.06. The van der Waals surface area contributed by atoms with Crippen LogP contribution in [0.1, 0.15) is 24.5 Å². The van der Waals surface area contributed by atoms with Crippen molar-refractivity contribution in [2.45, 2.75) is 18.8 Å². The zero-order valence-corrected chi connectivity index (χ0v) is 8.47. The van der Waals surface area contributed by atoms with Crippen LogP contribution in [0.2, 0.25) is 0 Å². The molecule has 1 aromatic heterocycles. The summed E-state index contributed by atoms with van der Waals surface area (Å²) in [5, 5.41) is 0. The van der Waals surface area contributed by atoms with Gasteiger partial charge in [-0.15, -0.1) is 0 Å². The molecule has 0 unspecified atom stereocenters. The van der Waals surface area contributed by atoms with Gasteiger partial charge in [-0.1, -0.05) is 0 Å². The topological polar surface area (TPSA) is 22.1 Å². The van der Waals surface area contributed by atoms with Gasteiger partial charge >= 0.3 is 0 Å². The van der Waals surface area contributed by atoms with Gasteiger partial charge in [-0.25, -0.2) is 0 Å². The number of methoxy groups -OCH3 is 1. The van der Waals surface area contributed by atoms with E-state index < -0.39 is 0 Å². The number of rotatable bonds is 2. The quantitative estimate of drug-likeness (QED) is 0.776. The molecule has 0 aromatic carbocycles. The highest BCUT2D eigenvalue weighted by molar-refractivity contribution is 9.10. The fraction of sp³-hybridized carbons (Fsp3) is 0.444. The average Bonchev–Trinajstić information content (AvgIpc) is 2.88. The van der Waals surface area contributed by atoms with Crippen LogP contribution in [0.15, 0.2) is 16.7 Å². The van der Waals surface area contributed by atoms with E-state index >= 15 is 0 Å². The Morgan fingerprint density at radius 2 is 2.33 bits per heavy atom. The van der Waals surface area contributed by atoms with Crippen LogP contribution in [0.4, 0.5) is 0 Å². The standard InChI is InChI=1S/C9H10BrNO/c1-12-9-4-8(6-2-3-6)11-5-7(9)10/h4-6H,2-3H2,1H3. The molecule has 1 aliphatic rings. The molecule has 0 aliphatic heterocycles. The van der Waals surface area contributed by atoms with Gasteiger partial charge in [0.25, 0.3) is 0 Å². The summed E-state index contributed by atoms with van der Waals surface area (Å²) in [6.45, 7) is 0. The molecule has 3 heteroatoms. The van der Waals surface area contributed by atoms with Gasteiger partial charge in [-0.05, 0) is 28.8 Å². The number of pyridine rings is 1. The number of ether oxygens (including phenoxy) is 1. The van der Waals surface area contributed by atoms with Gasteiger partial charge in [0.2, 0.25) is 0 Å². The molecule has 1 aliphatic carbocycles. The average molecular weight is 228 g/mol. The van der Waals surface area contributed by atoms with Crippen LogP contribution in [0, 0.1) is 0 Å². The Morgan fingerprint density at radius 1 is 1.58 bits per heavy atom. The van der Waals surface area contributed by atoms with Gasteiger partial charge in [0.1, 0.15) is 5.75 Å². The molecule has 1 saturated carbocycles. The van der Waals surface area contributed by atoms with Crippen LogP contribution in [0.5, 0.6) is 5.75 Å². The monoisotopic (exact) mass is 227 g/mol. The van der Waals surface area contributed by atoms with Crippen molar-refractivity contribution in [3.8, 4) is 5.75 Å². The van der Waals surface area contributed by atoms with Gasteiger partial charge in [-0.3, -0.25) is 4.98 Å². The molecule has 0 atom stereocenters. The minimum atomic E-state index is 0.687. The van der Waals surface area contributed by atoms with Crippen molar-refractivity contribution in [2.75, 3.05) is 7.11 Å². The highest BCUT2D eigenvalue weighted by atomic mass is 79.9. The first kappa shape index (κ1) is 8.05. The van der Waals surface area contributed by atoms with Gasteiger partial charge < -0.3 is 4.74 Å². The second-order valence-corrected chi connectivity index (χ2v) is 3.87. The van der Waals surface area contributed by atoms with E-state index in [2.05, 4.69) is 20.9 Å². The van der Waals surface area contributed by atoms with Crippen LogP contribution in [-0.4, -0.2) is 12.1 Å². The van der Waals surface area contributed by atoms with E-state index in [1.54, 1.807) is 7.11 Å². The Morgan fingerprint density at radius 3 is 2.92 bits per heavy atom. The maximum Gasteiger partial charge on any atom is 0.136 e. The van der Waals surface area contributed by atoms with Gasteiger partial charge in [0, 0.05) is 23.9 Å². The Bertz CT molecular complexity index is 297. The Balaban J connectivity index is 2.33. The molecule has 1 aromatic rings. The number of nitrogens with zero attached hydrogens (tertiary/aromatic N) is 1. The Kier molecular flexibility index (Phi) is 2.05. The fourth-order valence-electron chi connectivity index (χ4n) is 1.19. The summed E-state index contributed by atoms with van der Waals surface area (Å²) in [5.74, 6) is 1.57. The predicted molar refractivity (Wildman–Crippen MR) is 50.5 cm³/mol. The molecular weight excluding hydrogens is 218 g/mol. The summed E-state index contributed by atoms with van der Waals surface area (Å²) in [5.41, 5.74) is 1.16. The summed E-state index contributed by atoms with van der Waals surface area (Å²) in [6.07, 6.45) is 4.36. The van der Waals surface area contributed by atoms with E-state index in [1.165, 1.54) is 12.8 Å². The highest BCUT2D eigenvalue weighted by Crippen LogP contribution is 2.40. The largest absolute Gasteiger partial charge is 0.495 e. The van der Waals surface area contributed by atoms with E-state index in [4.69, 9.17) is 4.74 Å². The van der Waals surface area contributed by atoms with Crippen molar-refractivity contribution in [3.63, 3.8) is 0 Å². The maximum absolute atomic E-state index is 5.18. The van der Waals surface area contributed by atoms with Crippen LogP contribution in [0.25, 0.3) is 0 Å². The summed E-state index contributed by atoms with van der Waals surface area (Å²) in [7, 11) is 1.68. The Labute approximate surface area is 80.1 Å². The van der Waals surface area contributed by atoms with Gasteiger partial charge in [-0.2, -0.15) is 0 Å². The molecule has 0 saturated heterocycles. The number of aromatic nitrogens is 1. The van der Waals surface area contributed by atoms with E-state index in [0.29, 0.717) is 5.92 Å². The van der Waals surface area contributed by atoms with E-state index in [-0.39, 0.29) is 0 Å². The van der Waals surface area contributed by atoms with Crippen molar-refractivity contribution in [1.29, 1.82) is 0 Å². The molecule has 2 rings (SSSR count). The molecule has 0 bridgehead atoms. The third-order valence-corrected chi connectivity index (χ3v) is 2.65. The highest BCUT2D eigenvalue weighted by Gasteiger charge is 2.25. The number of hydrogen-bond acceptors (Lipinski definition) is 2. The lowest BCUT2D eigenvalue weighted by Crippen LogP contribution is -1.90. The predicted octanol–water partition coefficient (Wildman–Crippen LogP) is 2.73. The molecule has 0 N–H and O–H groups in total. The van der Waals surface area contributed by atoms with Crippen molar-refractivity contribution in [3.05, 3.63) is 22.4 Å². The summed E-state index contributed by atoms with van der Waals surface area (Å²) in [6, 6.07) is 2.02. The minimum Gasteiger partial charge on any atom is -0.495 e. The molecule has 12 heavy (non-hydrogen) atoms. The summed E-state index contributed by atoms with van der Waals surface area (Å²) in [4.78, 5) is 4.32. The van der Waals surface area contributed by atoms with E-state index in [9.17, 15) is 0 Å². The molecule has 64 valence electrons. The van der Waals surface area contributed by atoms with Crippen molar-refractivity contribution in [1.82, 2.24) is 4.98 Å². The second kappa shape index (κ2) is 3.05. The smallest absolute Gasteiger partial charge is 0.136 e. The van der Waals surface area contributed by atoms with Gasteiger partial charge in [0.05, 0.1) is 11.6 Å². The van der Waals surface area contributed by atoms with Crippen LogP contribution in [0.3, 0.4) is 0 Å². The van der Waals surface area contributed by atoms with Crippen molar-refractivity contribution < 1.29 is 4.74 Å². The lowest BCUT2D eigenvalue weighted by atomic mass is 10.2. The number of halogens is 1. The van der Waals surface area contributed by atoms with Crippen LogP contribution in [-0.2, 0) is 0 Å². The SMILES string of the molecule is COc1cc(C2CC2)ncc1Br. The van der Waals surface area contributed by atoms with Crippen LogP contribution < -0.4 is 4.74 Å². The first-order chi connectivity index (χ1) is 5.81.